The second kappa shape index (κ2) is 5.43. The highest BCUT2D eigenvalue weighted by Gasteiger charge is 2.35. The summed E-state index contributed by atoms with van der Waals surface area (Å²) in [6.07, 6.45) is 5.06. The molecule has 1 fully saturated rings. The fraction of sp³-hybridized carbons (Fsp3) is 0.846. The fourth-order valence-corrected chi connectivity index (χ4v) is 3.11. The summed E-state index contributed by atoms with van der Waals surface area (Å²) in [5.41, 5.74) is 0. The Morgan fingerprint density at radius 2 is 1.73 bits per heavy atom. The van der Waals surface area contributed by atoms with E-state index < -0.39 is 0 Å². The highest BCUT2D eigenvalue weighted by atomic mass is 16.1. The summed E-state index contributed by atoms with van der Waals surface area (Å²) in [4.78, 5) is 22.8. The van der Waals surface area contributed by atoms with Gasteiger partial charge in [0.2, 0.25) is 0 Å². The Morgan fingerprint density at radius 1 is 1.13 bits per heavy atom. The maximum Gasteiger partial charge on any atom is 0.133 e. The molecule has 1 saturated carbocycles. The molecule has 0 radical (unpaired) electrons. The summed E-state index contributed by atoms with van der Waals surface area (Å²) in [6, 6.07) is 0. The van der Waals surface area contributed by atoms with Crippen LogP contribution in [0.25, 0.3) is 0 Å². The van der Waals surface area contributed by atoms with Crippen LogP contribution in [0.1, 0.15) is 52.9 Å². The van der Waals surface area contributed by atoms with Gasteiger partial charge in [-0.3, -0.25) is 4.79 Å². The Labute approximate surface area is 92.4 Å². The number of hydrogen-bond acceptors (Lipinski definition) is 2. The summed E-state index contributed by atoms with van der Waals surface area (Å²) < 4.78 is 0. The molecule has 3 atom stereocenters. The van der Waals surface area contributed by atoms with Crippen LogP contribution in [0.2, 0.25) is 0 Å². The fourth-order valence-electron chi connectivity index (χ4n) is 3.11. The van der Waals surface area contributed by atoms with E-state index in [0.717, 1.165) is 19.3 Å². The van der Waals surface area contributed by atoms with Crippen molar-refractivity contribution >= 4 is 11.6 Å². The average Bonchev–Trinajstić information content (AvgIpc) is 2.15. The Morgan fingerprint density at radius 3 is 2.20 bits per heavy atom. The van der Waals surface area contributed by atoms with Gasteiger partial charge in [-0.05, 0) is 38.5 Å². The van der Waals surface area contributed by atoms with Crippen LogP contribution in [-0.2, 0) is 9.59 Å². The van der Waals surface area contributed by atoms with Crippen LogP contribution in [-0.4, -0.2) is 11.6 Å². The molecular weight excluding hydrogens is 188 g/mol. The molecule has 86 valence electrons. The van der Waals surface area contributed by atoms with E-state index in [2.05, 4.69) is 6.92 Å². The van der Waals surface area contributed by atoms with Crippen molar-refractivity contribution < 1.29 is 9.59 Å². The van der Waals surface area contributed by atoms with Gasteiger partial charge < -0.3 is 4.79 Å². The van der Waals surface area contributed by atoms with E-state index >= 15 is 0 Å². The second-order valence-corrected chi connectivity index (χ2v) is 4.90. The summed E-state index contributed by atoms with van der Waals surface area (Å²) in [7, 11) is 0. The first-order valence-corrected chi connectivity index (χ1v) is 6.06. The predicted octanol–water partition coefficient (Wildman–Crippen LogP) is 3.00. The minimum Gasteiger partial charge on any atom is -0.300 e. The average molecular weight is 210 g/mol. The second-order valence-electron chi connectivity index (χ2n) is 4.90. The van der Waals surface area contributed by atoms with Crippen molar-refractivity contribution in [1.82, 2.24) is 0 Å². The van der Waals surface area contributed by atoms with Gasteiger partial charge >= 0.3 is 0 Å². The topological polar surface area (TPSA) is 34.1 Å². The van der Waals surface area contributed by atoms with Crippen molar-refractivity contribution in [1.29, 1.82) is 0 Å². The normalized spacial score (nSPS) is 31.3. The van der Waals surface area contributed by atoms with Crippen LogP contribution in [0.3, 0.4) is 0 Å². The molecule has 0 unspecified atom stereocenters. The van der Waals surface area contributed by atoms with E-state index in [4.69, 9.17) is 0 Å². The molecule has 0 aliphatic heterocycles. The van der Waals surface area contributed by atoms with E-state index in [1.807, 2.05) is 0 Å². The Balaban J connectivity index is 2.74. The lowest BCUT2D eigenvalue weighted by Gasteiger charge is -2.36. The molecule has 2 heteroatoms. The number of rotatable bonds is 4. The SMILES string of the molecule is CC[C@@H]1CCC[C@H](CC(C)=O)[C@H]1C(C)=O. The van der Waals surface area contributed by atoms with Gasteiger partial charge in [0, 0.05) is 12.3 Å². The van der Waals surface area contributed by atoms with E-state index in [1.165, 1.54) is 6.42 Å². The first-order valence-electron chi connectivity index (χ1n) is 6.06. The lowest BCUT2D eigenvalue weighted by atomic mass is 9.68. The van der Waals surface area contributed by atoms with Crippen molar-refractivity contribution in [3.8, 4) is 0 Å². The number of hydrogen-bond donors (Lipinski definition) is 0. The van der Waals surface area contributed by atoms with Gasteiger partial charge in [-0.15, -0.1) is 0 Å². The van der Waals surface area contributed by atoms with Gasteiger partial charge in [-0.1, -0.05) is 19.8 Å². The molecule has 0 aromatic rings. The van der Waals surface area contributed by atoms with E-state index in [0.29, 0.717) is 18.3 Å². The summed E-state index contributed by atoms with van der Waals surface area (Å²) in [5, 5.41) is 0. The number of Topliss-reactive ketones (excluding diaryl/α,β-unsaturated/α-hetero) is 2. The molecule has 15 heavy (non-hydrogen) atoms. The molecule has 1 rings (SSSR count). The Kier molecular flexibility index (Phi) is 4.49. The monoisotopic (exact) mass is 210 g/mol. The zero-order chi connectivity index (χ0) is 11.4. The minimum absolute atomic E-state index is 0.146. The summed E-state index contributed by atoms with van der Waals surface area (Å²) in [6.45, 7) is 5.47. The van der Waals surface area contributed by atoms with Crippen molar-refractivity contribution in [2.75, 3.05) is 0 Å². The largest absolute Gasteiger partial charge is 0.300 e. The molecule has 0 heterocycles. The van der Waals surface area contributed by atoms with Gasteiger partial charge in [0.1, 0.15) is 11.6 Å². The molecule has 0 saturated heterocycles. The number of carbonyl (C=O) groups excluding carboxylic acids is 2. The van der Waals surface area contributed by atoms with E-state index in [-0.39, 0.29) is 17.5 Å². The molecule has 0 amide bonds. The Bertz CT molecular complexity index is 245. The molecule has 0 aromatic heterocycles. The van der Waals surface area contributed by atoms with Crippen LogP contribution < -0.4 is 0 Å². The standard InChI is InChI=1S/C13H22O2/c1-4-11-6-5-7-12(8-9(2)14)13(11)10(3)15/h11-13H,4-8H2,1-3H3/t11-,12-,13+/m1/s1. The third kappa shape index (κ3) is 3.15. The zero-order valence-corrected chi connectivity index (χ0v) is 10.1. The lowest BCUT2D eigenvalue weighted by Crippen LogP contribution is -2.34. The Hall–Kier alpha value is -0.660. The van der Waals surface area contributed by atoms with Gasteiger partial charge in [-0.2, -0.15) is 0 Å². The number of ketones is 2. The molecule has 1 aliphatic rings. The maximum atomic E-state index is 11.6. The van der Waals surface area contributed by atoms with E-state index in [1.54, 1.807) is 13.8 Å². The summed E-state index contributed by atoms with van der Waals surface area (Å²) >= 11 is 0. The molecule has 0 spiro atoms. The van der Waals surface area contributed by atoms with Crippen molar-refractivity contribution in [3.05, 3.63) is 0 Å². The minimum atomic E-state index is 0.146. The van der Waals surface area contributed by atoms with Gasteiger partial charge in [0.05, 0.1) is 0 Å². The van der Waals surface area contributed by atoms with Crippen LogP contribution in [0.4, 0.5) is 0 Å². The first-order chi connectivity index (χ1) is 7.06. The highest BCUT2D eigenvalue weighted by molar-refractivity contribution is 5.81. The molecular formula is C13H22O2. The molecule has 0 bridgehead atoms. The van der Waals surface area contributed by atoms with Crippen LogP contribution >= 0.6 is 0 Å². The lowest BCUT2D eigenvalue weighted by molar-refractivity contribution is -0.127. The van der Waals surface area contributed by atoms with Gasteiger partial charge in [0.25, 0.3) is 0 Å². The molecule has 0 N–H and O–H groups in total. The van der Waals surface area contributed by atoms with Crippen molar-refractivity contribution in [2.24, 2.45) is 17.8 Å². The smallest absolute Gasteiger partial charge is 0.133 e. The van der Waals surface area contributed by atoms with Crippen LogP contribution in [0.15, 0.2) is 0 Å². The van der Waals surface area contributed by atoms with Crippen LogP contribution in [0.5, 0.6) is 0 Å². The molecule has 2 nitrogen and oxygen atoms in total. The van der Waals surface area contributed by atoms with Gasteiger partial charge in [-0.25, -0.2) is 0 Å². The molecule has 1 aliphatic carbocycles. The zero-order valence-electron chi connectivity index (χ0n) is 10.1. The summed E-state index contributed by atoms with van der Waals surface area (Å²) in [5.74, 6) is 1.49. The van der Waals surface area contributed by atoms with E-state index in [9.17, 15) is 9.59 Å². The quantitative estimate of drug-likeness (QED) is 0.714. The maximum absolute atomic E-state index is 11.6. The third-order valence-electron chi connectivity index (χ3n) is 3.71. The highest BCUT2D eigenvalue weighted by Crippen LogP contribution is 2.39. The third-order valence-corrected chi connectivity index (χ3v) is 3.71. The van der Waals surface area contributed by atoms with Crippen LogP contribution in [0, 0.1) is 17.8 Å². The number of carbonyl (C=O) groups is 2. The first kappa shape index (κ1) is 12.4. The molecule has 0 aromatic carbocycles. The van der Waals surface area contributed by atoms with Crippen molar-refractivity contribution in [3.63, 3.8) is 0 Å². The van der Waals surface area contributed by atoms with Crippen molar-refractivity contribution in [2.45, 2.75) is 52.9 Å². The van der Waals surface area contributed by atoms with Gasteiger partial charge in [0.15, 0.2) is 0 Å². The predicted molar refractivity (Wildman–Crippen MR) is 60.6 cm³/mol.